The van der Waals surface area contributed by atoms with Gasteiger partial charge in [0, 0.05) is 0 Å². The highest BCUT2D eigenvalue weighted by Gasteiger charge is 2.32. The van der Waals surface area contributed by atoms with E-state index in [-0.39, 0.29) is 0 Å². The van der Waals surface area contributed by atoms with Crippen molar-refractivity contribution < 1.29 is 13.2 Å². The van der Waals surface area contributed by atoms with E-state index in [9.17, 15) is 13.2 Å². The van der Waals surface area contributed by atoms with Crippen LogP contribution in [-0.4, -0.2) is 6.18 Å². The second kappa shape index (κ2) is 6.07. The van der Waals surface area contributed by atoms with Crippen LogP contribution in [0, 0.1) is 0 Å². The molecule has 3 N–H and O–H groups in total. The van der Waals surface area contributed by atoms with Gasteiger partial charge in [0.15, 0.2) is 0 Å². The Labute approximate surface area is 115 Å². The van der Waals surface area contributed by atoms with Crippen molar-refractivity contribution in [2.24, 2.45) is 5.84 Å². The van der Waals surface area contributed by atoms with Crippen molar-refractivity contribution in [2.75, 3.05) is 0 Å². The van der Waals surface area contributed by atoms with Gasteiger partial charge in [-0.25, -0.2) is 0 Å². The third kappa shape index (κ3) is 3.82. The first-order valence-corrected chi connectivity index (χ1v) is 6.18. The fourth-order valence-electron chi connectivity index (χ4n) is 2.04. The van der Waals surface area contributed by atoms with Gasteiger partial charge in [0.25, 0.3) is 0 Å². The Balaban J connectivity index is 2.19. The Hall–Kier alpha value is -1.85. The Bertz CT molecular complexity index is 535. The lowest BCUT2D eigenvalue weighted by molar-refractivity contribution is -0.140. The fraction of sp³-hybridized carbons (Fsp3) is 0.200. The summed E-state index contributed by atoms with van der Waals surface area (Å²) in [4.78, 5) is 0. The van der Waals surface area contributed by atoms with Crippen LogP contribution in [0.25, 0.3) is 11.1 Å². The predicted octanol–water partition coefficient (Wildman–Crippen LogP) is 3.81. The summed E-state index contributed by atoms with van der Waals surface area (Å²) >= 11 is 0. The molecule has 0 fully saturated rings. The summed E-state index contributed by atoms with van der Waals surface area (Å²) in [5.41, 5.74) is 4.71. The van der Waals surface area contributed by atoms with Gasteiger partial charge in [0.2, 0.25) is 0 Å². The minimum Gasteiger partial charge on any atom is -0.271 e. The van der Waals surface area contributed by atoms with Crippen molar-refractivity contribution in [1.82, 2.24) is 5.43 Å². The van der Waals surface area contributed by atoms with Gasteiger partial charge < -0.3 is 0 Å². The number of benzene rings is 2. The normalized spacial score (nSPS) is 13.2. The molecule has 2 aromatic rings. The van der Waals surface area contributed by atoms with Crippen molar-refractivity contribution in [3.05, 3.63) is 60.2 Å². The summed E-state index contributed by atoms with van der Waals surface area (Å²) in [5.74, 6) is 5.21. The van der Waals surface area contributed by atoms with Crippen LogP contribution in [0.4, 0.5) is 13.2 Å². The third-order valence-corrected chi connectivity index (χ3v) is 3.06. The van der Waals surface area contributed by atoms with E-state index in [1.54, 1.807) is 24.3 Å². The second-order valence-corrected chi connectivity index (χ2v) is 4.53. The Morgan fingerprint density at radius 2 is 1.45 bits per heavy atom. The van der Waals surface area contributed by atoms with Gasteiger partial charge in [-0.1, -0.05) is 54.6 Å². The molecule has 2 rings (SSSR count). The zero-order valence-electron chi connectivity index (χ0n) is 10.7. The van der Waals surface area contributed by atoms with Crippen LogP contribution in [0.5, 0.6) is 0 Å². The largest absolute Gasteiger partial charge is 0.390 e. The molecule has 0 saturated heterocycles. The Morgan fingerprint density at radius 3 is 1.95 bits per heavy atom. The molecule has 1 atom stereocenters. The minimum absolute atomic E-state index is 0.518. The van der Waals surface area contributed by atoms with Gasteiger partial charge in [0.1, 0.15) is 0 Å². The van der Waals surface area contributed by atoms with E-state index in [4.69, 9.17) is 5.84 Å². The molecule has 5 heteroatoms. The summed E-state index contributed by atoms with van der Waals surface area (Å²) in [5, 5.41) is 0. The van der Waals surface area contributed by atoms with Crippen molar-refractivity contribution >= 4 is 0 Å². The molecule has 2 nitrogen and oxygen atoms in total. The number of nitrogens with one attached hydrogen (secondary N) is 1. The highest BCUT2D eigenvalue weighted by Crippen LogP contribution is 2.30. The maximum Gasteiger partial charge on any atom is 0.390 e. The number of hydrazine groups is 1. The molecule has 0 amide bonds. The number of hydrogen-bond acceptors (Lipinski definition) is 2. The molecule has 1 unspecified atom stereocenters. The van der Waals surface area contributed by atoms with Crippen LogP contribution in [0.2, 0.25) is 0 Å². The SMILES string of the molecule is NNC(CC(F)(F)F)c1ccc(-c2ccccc2)cc1. The molecule has 0 aliphatic carbocycles. The minimum atomic E-state index is -4.25. The summed E-state index contributed by atoms with van der Waals surface area (Å²) < 4.78 is 37.3. The Kier molecular flexibility index (Phi) is 4.42. The first-order valence-electron chi connectivity index (χ1n) is 6.18. The van der Waals surface area contributed by atoms with Crippen molar-refractivity contribution in [3.63, 3.8) is 0 Å². The van der Waals surface area contributed by atoms with Gasteiger partial charge in [0.05, 0.1) is 12.5 Å². The number of alkyl halides is 3. The van der Waals surface area contributed by atoms with E-state index >= 15 is 0 Å². The van der Waals surface area contributed by atoms with Crippen LogP contribution in [0.3, 0.4) is 0 Å². The summed E-state index contributed by atoms with van der Waals surface area (Å²) in [6, 6.07) is 15.6. The Morgan fingerprint density at radius 1 is 0.900 bits per heavy atom. The average Bonchev–Trinajstić information content (AvgIpc) is 2.45. The molecule has 0 bridgehead atoms. The van der Waals surface area contributed by atoms with Crippen LogP contribution >= 0.6 is 0 Å². The maximum absolute atomic E-state index is 12.4. The predicted molar refractivity (Wildman–Crippen MR) is 72.6 cm³/mol. The van der Waals surface area contributed by atoms with E-state index in [0.717, 1.165) is 11.1 Å². The highest BCUT2D eigenvalue weighted by molar-refractivity contribution is 5.63. The fourth-order valence-corrected chi connectivity index (χ4v) is 2.04. The van der Waals surface area contributed by atoms with Crippen LogP contribution in [0.15, 0.2) is 54.6 Å². The van der Waals surface area contributed by atoms with Crippen LogP contribution in [-0.2, 0) is 0 Å². The molecular weight excluding hydrogens is 265 g/mol. The number of hydrogen-bond donors (Lipinski definition) is 2. The molecule has 0 aromatic heterocycles. The molecule has 106 valence electrons. The lowest BCUT2D eigenvalue weighted by atomic mass is 9.99. The smallest absolute Gasteiger partial charge is 0.271 e. The highest BCUT2D eigenvalue weighted by atomic mass is 19.4. The summed E-state index contributed by atoms with van der Waals surface area (Å²) in [6.45, 7) is 0. The van der Waals surface area contributed by atoms with E-state index in [1.807, 2.05) is 30.3 Å². The molecule has 0 heterocycles. The van der Waals surface area contributed by atoms with Gasteiger partial charge in [-0.3, -0.25) is 11.3 Å². The van der Waals surface area contributed by atoms with Crippen molar-refractivity contribution in [3.8, 4) is 11.1 Å². The molecule has 0 spiro atoms. The lowest BCUT2D eigenvalue weighted by Gasteiger charge is -2.18. The summed E-state index contributed by atoms with van der Waals surface area (Å²) in [6.07, 6.45) is -5.25. The maximum atomic E-state index is 12.4. The van der Waals surface area contributed by atoms with Crippen molar-refractivity contribution in [2.45, 2.75) is 18.6 Å². The standard InChI is InChI=1S/C15H15F3N2/c16-15(17,18)10-14(20-19)13-8-6-12(7-9-13)11-4-2-1-3-5-11/h1-9,14,20H,10,19H2. The topological polar surface area (TPSA) is 38.0 Å². The molecular formula is C15H15F3N2. The molecule has 0 aliphatic rings. The monoisotopic (exact) mass is 280 g/mol. The molecule has 0 aliphatic heterocycles. The van der Waals surface area contributed by atoms with Crippen LogP contribution < -0.4 is 11.3 Å². The zero-order chi connectivity index (χ0) is 14.6. The number of halogens is 3. The van der Waals surface area contributed by atoms with E-state index in [1.165, 1.54) is 0 Å². The third-order valence-electron chi connectivity index (χ3n) is 3.06. The number of rotatable bonds is 4. The quantitative estimate of drug-likeness (QED) is 0.660. The molecule has 2 aromatic carbocycles. The second-order valence-electron chi connectivity index (χ2n) is 4.53. The van der Waals surface area contributed by atoms with E-state index < -0.39 is 18.6 Å². The van der Waals surface area contributed by atoms with Crippen molar-refractivity contribution in [1.29, 1.82) is 0 Å². The summed E-state index contributed by atoms with van der Waals surface area (Å²) in [7, 11) is 0. The van der Waals surface area contributed by atoms with Gasteiger partial charge in [-0.15, -0.1) is 0 Å². The van der Waals surface area contributed by atoms with Gasteiger partial charge in [-0.2, -0.15) is 13.2 Å². The van der Waals surface area contributed by atoms with Gasteiger partial charge in [-0.05, 0) is 16.7 Å². The first-order chi connectivity index (χ1) is 9.49. The van der Waals surface area contributed by atoms with Gasteiger partial charge >= 0.3 is 6.18 Å². The molecule has 0 radical (unpaired) electrons. The molecule has 0 saturated carbocycles. The zero-order valence-corrected chi connectivity index (χ0v) is 10.7. The number of nitrogens with two attached hydrogens (primary N) is 1. The van der Waals surface area contributed by atoms with E-state index in [0.29, 0.717) is 5.56 Å². The average molecular weight is 280 g/mol. The first kappa shape index (κ1) is 14.6. The van der Waals surface area contributed by atoms with Crippen LogP contribution in [0.1, 0.15) is 18.0 Å². The lowest BCUT2D eigenvalue weighted by Crippen LogP contribution is -2.31. The van der Waals surface area contributed by atoms with E-state index in [2.05, 4.69) is 5.43 Å². The molecule has 20 heavy (non-hydrogen) atoms.